The highest BCUT2D eigenvalue weighted by atomic mass is 32.2. The fraction of sp³-hybridized carbons (Fsp3) is 0.278. The van der Waals surface area contributed by atoms with Crippen LogP contribution in [0, 0.1) is 5.82 Å². The van der Waals surface area contributed by atoms with Gasteiger partial charge in [0, 0.05) is 5.75 Å². The van der Waals surface area contributed by atoms with Gasteiger partial charge in [0.2, 0.25) is 0 Å². The number of aliphatic carboxylic acids is 1. The zero-order valence-electron chi connectivity index (χ0n) is 12.9. The lowest BCUT2D eigenvalue weighted by Gasteiger charge is -2.19. The highest BCUT2D eigenvalue weighted by Gasteiger charge is 2.19. The second-order valence-corrected chi connectivity index (χ2v) is 6.44. The first kappa shape index (κ1) is 17.5. The van der Waals surface area contributed by atoms with Crippen molar-refractivity contribution in [3.05, 3.63) is 71.0 Å². The Kier molecular flexibility index (Phi) is 6.19. The van der Waals surface area contributed by atoms with Crippen molar-refractivity contribution in [1.82, 2.24) is 0 Å². The molecule has 2 aromatic carbocycles. The van der Waals surface area contributed by atoms with Gasteiger partial charge in [-0.15, -0.1) is 11.8 Å². The van der Waals surface area contributed by atoms with E-state index in [1.165, 1.54) is 29.5 Å². The highest BCUT2D eigenvalue weighted by molar-refractivity contribution is 7.99. The topological polar surface area (TPSA) is 63.3 Å². The molecule has 0 fully saturated rings. The molecule has 122 valence electrons. The van der Waals surface area contributed by atoms with Gasteiger partial charge in [0.15, 0.2) is 0 Å². The van der Waals surface area contributed by atoms with Crippen molar-refractivity contribution >= 4 is 17.7 Å². The predicted molar refractivity (Wildman–Crippen MR) is 92.1 cm³/mol. The minimum atomic E-state index is -1.02. The van der Waals surface area contributed by atoms with Crippen LogP contribution in [0.2, 0.25) is 0 Å². The summed E-state index contributed by atoms with van der Waals surface area (Å²) in [7, 11) is 0. The molecule has 0 aromatic heterocycles. The summed E-state index contributed by atoms with van der Waals surface area (Å²) in [5.41, 5.74) is 8.83. The summed E-state index contributed by atoms with van der Waals surface area (Å²) < 4.78 is 13.2. The van der Waals surface area contributed by atoms with Crippen LogP contribution in [-0.2, 0) is 11.2 Å². The first-order chi connectivity index (χ1) is 11.0. The van der Waals surface area contributed by atoms with E-state index in [4.69, 9.17) is 10.8 Å². The van der Waals surface area contributed by atoms with Gasteiger partial charge in [0.1, 0.15) is 11.9 Å². The average Bonchev–Trinajstić information content (AvgIpc) is 2.56. The molecule has 0 heterocycles. The Labute approximate surface area is 139 Å². The van der Waals surface area contributed by atoms with Crippen molar-refractivity contribution in [3.63, 3.8) is 0 Å². The first-order valence-electron chi connectivity index (χ1n) is 7.45. The zero-order valence-corrected chi connectivity index (χ0v) is 13.7. The lowest BCUT2D eigenvalue weighted by molar-refractivity contribution is -0.137. The van der Waals surface area contributed by atoms with E-state index in [1.807, 2.05) is 12.1 Å². The first-order valence-corrected chi connectivity index (χ1v) is 8.50. The molecule has 1 unspecified atom stereocenters. The molecule has 0 bridgehead atoms. The normalized spacial score (nSPS) is 13.5. The molecular weight excluding hydrogens is 313 g/mol. The Bertz CT molecular complexity index is 643. The van der Waals surface area contributed by atoms with Crippen LogP contribution >= 0.6 is 11.8 Å². The monoisotopic (exact) mass is 333 g/mol. The molecule has 0 radical (unpaired) electrons. The molecule has 0 aliphatic carbocycles. The number of rotatable bonds is 7. The summed E-state index contributed by atoms with van der Waals surface area (Å²) in [4.78, 5) is 10.9. The SMILES string of the molecule is CCc1ccc(C(SC[C@H](N)C(=O)O)c2ccc(F)cc2)cc1. The Hall–Kier alpha value is -1.85. The van der Waals surface area contributed by atoms with Crippen molar-refractivity contribution in [2.45, 2.75) is 24.6 Å². The van der Waals surface area contributed by atoms with E-state index in [2.05, 4.69) is 19.1 Å². The summed E-state index contributed by atoms with van der Waals surface area (Å²) in [6, 6.07) is 13.6. The van der Waals surface area contributed by atoms with Crippen LogP contribution in [0.3, 0.4) is 0 Å². The largest absolute Gasteiger partial charge is 0.480 e. The summed E-state index contributed by atoms with van der Waals surface area (Å²) in [5, 5.41) is 8.88. The van der Waals surface area contributed by atoms with E-state index < -0.39 is 12.0 Å². The maximum Gasteiger partial charge on any atom is 0.321 e. The number of halogens is 1. The van der Waals surface area contributed by atoms with Crippen molar-refractivity contribution in [3.8, 4) is 0 Å². The molecule has 3 N–H and O–H groups in total. The zero-order chi connectivity index (χ0) is 16.8. The molecule has 2 aromatic rings. The second-order valence-electron chi connectivity index (χ2n) is 5.30. The average molecular weight is 333 g/mol. The van der Waals surface area contributed by atoms with E-state index >= 15 is 0 Å². The van der Waals surface area contributed by atoms with Gasteiger partial charge in [0.05, 0.1) is 5.25 Å². The Morgan fingerprint density at radius 1 is 1.13 bits per heavy atom. The number of carbonyl (C=O) groups is 1. The summed E-state index contributed by atoms with van der Waals surface area (Å²) in [6.45, 7) is 2.09. The molecule has 0 aliphatic rings. The summed E-state index contributed by atoms with van der Waals surface area (Å²) in [5.74, 6) is -1.02. The maximum absolute atomic E-state index is 13.2. The number of benzene rings is 2. The van der Waals surface area contributed by atoms with Crippen LogP contribution < -0.4 is 5.73 Å². The van der Waals surface area contributed by atoms with Crippen LogP contribution in [0.4, 0.5) is 4.39 Å². The fourth-order valence-corrected chi connectivity index (χ4v) is 3.46. The molecule has 0 spiro atoms. The maximum atomic E-state index is 13.2. The van der Waals surface area contributed by atoms with Gasteiger partial charge in [-0.05, 0) is 35.2 Å². The van der Waals surface area contributed by atoms with Crippen LogP contribution in [0.5, 0.6) is 0 Å². The van der Waals surface area contributed by atoms with Crippen molar-refractivity contribution in [1.29, 1.82) is 0 Å². The minimum Gasteiger partial charge on any atom is -0.480 e. The van der Waals surface area contributed by atoms with Gasteiger partial charge < -0.3 is 10.8 Å². The third kappa shape index (κ3) is 4.81. The minimum absolute atomic E-state index is 0.0769. The number of hydrogen-bond donors (Lipinski definition) is 2. The molecule has 23 heavy (non-hydrogen) atoms. The molecule has 3 nitrogen and oxygen atoms in total. The Morgan fingerprint density at radius 3 is 2.13 bits per heavy atom. The molecule has 0 amide bonds. The fourth-order valence-electron chi connectivity index (χ4n) is 2.22. The molecule has 0 saturated heterocycles. The number of aryl methyl sites for hydroxylation is 1. The third-order valence-electron chi connectivity index (χ3n) is 3.62. The number of thioether (sulfide) groups is 1. The van der Waals surface area contributed by atoms with E-state index in [1.54, 1.807) is 12.1 Å². The Balaban J connectivity index is 2.26. The van der Waals surface area contributed by atoms with Gasteiger partial charge in [-0.3, -0.25) is 4.79 Å². The lowest BCUT2D eigenvalue weighted by Crippen LogP contribution is -2.32. The number of carboxylic acid groups (broad SMARTS) is 1. The molecule has 0 saturated carbocycles. The van der Waals surface area contributed by atoms with Gasteiger partial charge in [-0.1, -0.05) is 43.3 Å². The van der Waals surface area contributed by atoms with Crippen molar-refractivity contribution in [2.24, 2.45) is 5.73 Å². The predicted octanol–water partition coefficient (Wildman–Crippen LogP) is 3.62. The molecule has 5 heteroatoms. The standard InChI is InChI=1S/C18H20FNO2S/c1-2-12-3-5-13(6-4-12)17(23-11-16(20)18(21)22)14-7-9-15(19)10-8-14/h3-10,16-17H,2,11,20H2,1H3,(H,21,22)/t16-,17?/m0/s1. The van der Waals surface area contributed by atoms with Crippen LogP contribution in [0.1, 0.15) is 28.9 Å². The van der Waals surface area contributed by atoms with Gasteiger partial charge in [-0.25, -0.2) is 4.39 Å². The lowest BCUT2D eigenvalue weighted by atomic mass is 10.0. The summed E-state index contributed by atoms with van der Waals surface area (Å²) >= 11 is 1.46. The van der Waals surface area contributed by atoms with Crippen molar-refractivity contribution < 1.29 is 14.3 Å². The second kappa shape index (κ2) is 8.13. The van der Waals surface area contributed by atoms with E-state index in [0.29, 0.717) is 0 Å². The van der Waals surface area contributed by atoms with Gasteiger partial charge in [0.25, 0.3) is 0 Å². The van der Waals surface area contributed by atoms with E-state index in [0.717, 1.165) is 17.5 Å². The van der Waals surface area contributed by atoms with Gasteiger partial charge in [-0.2, -0.15) is 0 Å². The van der Waals surface area contributed by atoms with Crippen LogP contribution in [0.15, 0.2) is 48.5 Å². The smallest absolute Gasteiger partial charge is 0.321 e. The van der Waals surface area contributed by atoms with Crippen molar-refractivity contribution in [2.75, 3.05) is 5.75 Å². The molecule has 0 aliphatic heterocycles. The third-order valence-corrected chi connectivity index (χ3v) is 5.05. The number of carboxylic acids is 1. The quantitative estimate of drug-likeness (QED) is 0.812. The summed E-state index contributed by atoms with van der Waals surface area (Å²) in [6.07, 6.45) is 0.957. The number of hydrogen-bond acceptors (Lipinski definition) is 3. The van der Waals surface area contributed by atoms with E-state index in [-0.39, 0.29) is 16.8 Å². The van der Waals surface area contributed by atoms with E-state index in [9.17, 15) is 9.18 Å². The molecular formula is C18H20FNO2S. The number of nitrogens with two attached hydrogens (primary N) is 1. The van der Waals surface area contributed by atoms with Crippen LogP contribution in [0.25, 0.3) is 0 Å². The Morgan fingerprint density at radius 2 is 1.65 bits per heavy atom. The molecule has 2 atom stereocenters. The van der Waals surface area contributed by atoms with Gasteiger partial charge >= 0.3 is 5.97 Å². The molecule has 2 rings (SSSR count). The highest BCUT2D eigenvalue weighted by Crippen LogP contribution is 2.36. The van der Waals surface area contributed by atoms with Crippen LogP contribution in [-0.4, -0.2) is 22.9 Å².